The smallest absolute Gasteiger partial charge is 0.220 e. The van der Waals surface area contributed by atoms with Gasteiger partial charge >= 0.3 is 0 Å². The molecule has 0 spiro atoms. The Morgan fingerprint density at radius 3 is 2.94 bits per heavy atom. The number of hydrogen-bond donors (Lipinski definition) is 1. The lowest BCUT2D eigenvalue weighted by Gasteiger charge is -2.20. The Morgan fingerprint density at radius 1 is 1.41 bits per heavy atom. The van der Waals surface area contributed by atoms with E-state index in [4.69, 9.17) is 4.74 Å². The van der Waals surface area contributed by atoms with Crippen LogP contribution in [-0.4, -0.2) is 11.7 Å². The van der Waals surface area contributed by atoms with Crippen LogP contribution in [0.4, 0.5) is 0 Å². The molecule has 3 rings (SSSR count). The van der Waals surface area contributed by atoms with Crippen molar-refractivity contribution in [3.05, 3.63) is 28.8 Å². The van der Waals surface area contributed by atoms with Gasteiger partial charge in [-0.3, -0.25) is 4.79 Å². The van der Waals surface area contributed by atoms with Crippen LogP contribution in [-0.2, 0) is 12.8 Å². The Kier molecular flexibility index (Phi) is 2.87. The average molecular weight is 248 g/mol. The van der Waals surface area contributed by atoms with Crippen molar-refractivity contribution in [3.8, 4) is 5.75 Å². The Morgan fingerprint density at radius 2 is 2.24 bits per heavy atom. The fourth-order valence-electron chi connectivity index (χ4n) is 2.48. The second-order valence-corrected chi connectivity index (χ2v) is 5.44. The van der Waals surface area contributed by atoms with Gasteiger partial charge < -0.3 is 4.74 Å². The zero-order valence-corrected chi connectivity index (χ0v) is 10.6. The highest BCUT2D eigenvalue weighted by atomic mass is 32.1. The van der Waals surface area contributed by atoms with Gasteiger partial charge in [-0.15, -0.1) is 12.6 Å². The quantitative estimate of drug-likeness (QED) is 0.832. The molecule has 2 nitrogen and oxygen atoms in total. The molecule has 3 heteroatoms. The lowest BCUT2D eigenvalue weighted by atomic mass is 9.97. The summed E-state index contributed by atoms with van der Waals surface area (Å²) in [5.41, 5.74) is 3.11. The molecule has 1 aromatic rings. The highest BCUT2D eigenvalue weighted by Crippen LogP contribution is 2.36. The summed E-state index contributed by atoms with van der Waals surface area (Å²) in [6.07, 6.45) is 5.82. The molecule has 17 heavy (non-hydrogen) atoms. The topological polar surface area (TPSA) is 26.3 Å². The van der Waals surface area contributed by atoms with Crippen LogP contribution in [0.1, 0.15) is 40.7 Å². The Balaban J connectivity index is 2.00. The maximum Gasteiger partial charge on any atom is 0.220 e. The molecule has 90 valence electrons. The SMILES string of the molecule is O=C(S)c1cc(CC2CC2)cc2c1OCCC2. The van der Waals surface area contributed by atoms with Crippen LogP contribution in [0.25, 0.3) is 0 Å². The summed E-state index contributed by atoms with van der Waals surface area (Å²) < 4.78 is 5.62. The number of rotatable bonds is 3. The van der Waals surface area contributed by atoms with E-state index in [0.29, 0.717) is 12.2 Å². The standard InChI is InChI=1S/C14H16O2S/c15-14(17)12-8-10(6-9-3-4-9)7-11-2-1-5-16-13(11)12/h7-9H,1-6H2,(H,15,17). The third-order valence-corrected chi connectivity index (χ3v) is 3.76. The summed E-state index contributed by atoms with van der Waals surface area (Å²) >= 11 is 3.96. The largest absolute Gasteiger partial charge is 0.492 e. The van der Waals surface area contributed by atoms with Gasteiger partial charge in [0, 0.05) is 0 Å². The number of benzene rings is 1. The molecular formula is C14H16O2S. The van der Waals surface area contributed by atoms with Crippen molar-refractivity contribution < 1.29 is 9.53 Å². The van der Waals surface area contributed by atoms with E-state index in [9.17, 15) is 4.79 Å². The van der Waals surface area contributed by atoms with Crippen molar-refractivity contribution in [2.24, 2.45) is 5.92 Å². The van der Waals surface area contributed by atoms with Crippen LogP contribution in [0, 0.1) is 5.92 Å². The van der Waals surface area contributed by atoms with Crippen LogP contribution in [0.5, 0.6) is 5.75 Å². The predicted octanol–water partition coefficient (Wildman–Crippen LogP) is 3.03. The lowest BCUT2D eigenvalue weighted by Crippen LogP contribution is -2.12. The molecule has 0 bridgehead atoms. The Bertz CT molecular complexity index is 464. The molecule has 0 radical (unpaired) electrons. The maximum absolute atomic E-state index is 11.6. The summed E-state index contributed by atoms with van der Waals surface area (Å²) in [5, 5.41) is -0.180. The minimum absolute atomic E-state index is 0.180. The molecule has 1 saturated carbocycles. The summed E-state index contributed by atoms with van der Waals surface area (Å²) in [4.78, 5) is 11.6. The average Bonchev–Trinajstić information content (AvgIpc) is 3.11. The molecule has 1 aromatic carbocycles. The zero-order chi connectivity index (χ0) is 11.8. The van der Waals surface area contributed by atoms with Gasteiger partial charge in [0.05, 0.1) is 12.2 Å². The van der Waals surface area contributed by atoms with Gasteiger partial charge in [-0.2, -0.15) is 0 Å². The van der Waals surface area contributed by atoms with E-state index in [1.165, 1.54) is 24.0 Å². The number of fused-ring (bicyclic) bond motifs is 1. The molecule has 2 aliphatic rings. The molecule has 0 N–H and O–H groups in total. The highest BCUT2D eigenvalue weighted by Gasteiger charge is 2.24. The van der Waals surface area contributed by atoms with E-state index in [-0.39, 0.29) is 5.12 Å². The second-order valence-electron chi connectivity index (χ2n) is 5.04. The van der Waals surface area contributed by atoms with E-state index in [1.807, 2.05) is 6.07 Å². The van der Waals surface area contributed by atoms with Crippen molar-refractivity contribution in [3.63, 3.8) is 0 Å². The molecule has 0 saturated heterocycles. The van der Waals surface area contributed by atoms with Crippen LogP contribution < -0.4 is 4.74 Å². The number of thiol groups is 1. The fraction of sp³-hybridized carbons (Fsp3) is 0.500. The van der Waals surface area contributed by atoms with Crippen molar-refractivity contribution in [2.45, 2.75) is 32.1 Å². The summed E-state index contributed by atoms with van der Waals surface area (Å²) in [6, 6.07) is 4.19. The van der Waals surface area contributed by atoms with Crippen molar-refractivity contribution in [1.29, 1.82) is 0 Å². The first kappa shape index (κ1) is 11.1. The van der Waals surface area contributed by atoms with Gasteiger partial charge in [-0.25, -0.2) is 0 Å². The van der Waals surface area contributed by atoms with E-state index in [1.54, 1.807) is 0 Å². The molecular weight excluding hydrogens is 232 g/mol. The van der Waals surface area contributed by atoms with E-state index < -0.39 is 0 Å². The minimum Gasteiger partial charge on any atom is -0.492 e. The molecule has 0 unspecified atom stereocenters. The van der Waals surface area contributed by atoms with Crippen LogP contribution in [0.3, 0.4) is 0 Å². The first-order valence-electron chi connectivity index (χ1n) is 6.26. The fourth-order valence-corrected chi connectivity index (χ4v) is 2.65. The first-order chi connectivity index (χ1) is 8.24. The number of carbonyl (C=O) groups is 1. The number of aryl methyl sites for hydroxylation is 1. The number of carbonyl (C=O) groups excluding carboxylic acids is 1. The van der Waals surface area contributed by atoms with E-state index >= 15 is 0 Å². The molecule has 1 aliphatic carbocycles. The van der Waals surface area contributed by atoms with Crippen LogP contribution in [0.15, 0.2) is 12.1 Å². The van der Waals surface area contributed by atoms with Gasteiger partial charge in [0.15, 0.2) is 0 Å². The van der Waals surface area contributed by atoms with Crippen LogP contribution >= 0.6 is 12.6 Å². The Labute approximate surface area is 107 Å². The summed E-state index contributed by atoms with van der Waals surface area (Å²) in [6.45, 7) is 0.711. The summed E-state index contributed by atoms with van der Waals surface area (Å²) in [5.74, 6) is 1.61. The molecule has 0 aromatic heterocycles. The number of hydrogen-bond acceptors (Lipinski definition) is 2. The van der Waals surface area contributed by atoms with Crippen molar-refractivity contribution in [2.75, 3.05) is 6.61 Å². The predicted molar refractivity (Wildman–Crippen MR) is 70.0 cm³/mol. The Hall–Kier alpha value is -0.960. The highest BCUT2D eigenvalue weighted by molar-refractivity contribution is 7.97. The summed E-state index contributed by atoms with van der Waals surface area (Å²) in [7, 11) is 0. The zero-order valence-electron chi connectivity index (χ0n) is 9.74. The molecule has 0 amide bonds. The monoisotopic (exact) mass is 248 g/mol. The van der Waals surface area contributed by atoms with Gasteiger partial charge in [-0.1, -0.05) is 6.07 Å². The lowest BCUT2D eigenvalue weighted by molar-refractivity contribution is 0.108. The van der Waals surface area contributed by atoms with Crippen molar-refractivity contribution in [1.82, 2.24) is 0 Å². The normalized spacial score (nSPS) is 18.4. The third kappa shape index (κ3) is 2.34. The van der Waals surface area contributed by atoms with E-state index in [0.717, 1.165) is 30.9 Å². The van der Waals surface area contributed by atoms with Gasteiger partial charge in [0.25, 0.3) is 0 Å². The van der Waals surface area contributed by atoms with Crippen LogP contribution in [0.2, 0.25) is 0 Å². The molecule has 1 fully saturated rings. The molecule has 0 atom stereocenters. The van der Waals surface area contributed by atoms with Gasteiger partial charge in [-0.05, 0) is 55.2 Å². The van der Waals surface area contributed by atoms with E-state index in [2.05, 4.69) is 18.7 Å². The maximum atomic E-state index is 11.6. The third-order valence-electron chi connectivity index (χ3n) is 3.51. The second kappa shape index (κ2) is 4.37. The number of ether oxygens (including phenoxy) is 1. The van der Waals surface area contributed by atoms with Gasteiger partial charge in [0.2, 0.25) is 5.12 Å². The van der Waals surface area contributed by atoms with Gasteiger partial charge in [0.1, 0.15) is 5.75 Å². The molecule has 1 heterocycles. The first-order valence-corrected chi connectivity index (χ1v) is 6.70. The molecule has 1 aliphatic heterocycles. The van der Waals surface area contributed by atoms with Crippen molar-refractivity contribution >= 4 is 17.7 Å². The minimum atomic E-state index is -0.180.